The average molecular weight is 547 g/mol. The molecule has 0 aliphatic carbocycles. The Balaban J connectivity index is 2.23. The van der Waals surface area contributed by atoms with Crippen LogP contribution in [0.1, 0.15) is 30.5 Å². The molecule has 210 valence electrons. The van der Waals surface area contributed by atoms with Gasteiger partial charge in [-0.3, -0.25) is 24.0 Å². The van der Waals surface area contributed by atoms with E-state index in [1.54, 1.807) is 30.3 Å². The lowest BCUT2D eigenvalue weighted by Gasteiger charge is -2.25. The highest BCUT2D eigenvalue weighted by atomic mass is 16.4. The molecule has 4 atom stereocenters. The molecule has 0 aliphatic heterocycles. The summed E-state index contributed by atoms with van der Waals surface area (Å²) in [5, 5.41) is 34.6. The van der Waals surface area contributed by atoms with Gasteiger partial charge in [-0.2, -0.15) is 0 Å². The predicted molar refractivity (Wildman–Crippen MR) is 133 cm³/mol. The zero-order chi connectivity index (χ0) is 28.9. The molecule has 15 heteroatoms. The summed E-state index contributed by atoms with van der Waals surface area (Å²) in [6.07, 6.45) is 0.872. The number of hydrogen-bond acceptors (Lipinski definition) is 8. The van der Waals surface area contributed by atoms with E-state index in [-0.39, 0.29) is 19.3 Å². The number of aliphatic carboxylic acids is 3. The van der Waals surface area contributed by atoms with Gasteiger partial charge in [0.25, 0.3) is 0 Å². The van der Waals surface area contributed by atoms with E-state index >= 15 is 0 Å². The van der Waals surface area contributed by atoms with Gasteiger partial charge < -0.3 is 42.0 Å². The summed E-state index contributed by atoms with van der Waals surface area (Å²) in [5.41, 5.74) is 6.64. The number of carbonyl (C=O) groups excluding carboxylic acids is 3. The molecule has 4 unspecified atom stereocenters. The van der Waals surface area contributed by atoms with Crippen molar-refractivity contribution in [3.05, 3.63) is 54.1 Å². The zero-order valence-corrected chi connectivity index (χ0v) is 20.7. The Hall–Kier alpha value is -4.79. The van der Waals surface area contributed by atoms with Gasteiger partial charge in [0, 0.05) is 31.2 Å². The zero-order valence-electron chi connectivity index (χ0n) is 20.7. The van der Waals surface area contributed by atoms with Gasteiger partial charge in [-0.1, -0.05) is 30.3 Å². The SMILES string of the molecule is NC(CC(=O)O)C(=O)NC(Cc1ccccc1)C(=O)NC(CCC(=O)O)C(=O)NC(Cc1cnc[nH]1)C(=O)O. The summed E-state index contributed by atoms with van der Waals surface area (Å²) in [6.45, 7) is 0. The number of nitrogens with two attached hydrogens (primary N) is 1. The molecule has 0 saturated carbocycles. The molecule has 0 radical (unpaired) electrons. The number of amides is 3. The normalized spacial score (nSPS) is 13.8. The number of nitrogens with zero attached hydrogens (tertiary/aromatic N) is 1. The summed E-state index contributed by atoms with van der Waals surface area (Å²) in [4.78, 5) is 79.0. The van der Waals surface area contributed by atoms with Crippen LogP contribution in [-0.2, 0) is 41.6 Å². The molecule has 0 aliphatic rings. The molecule has 2 aromatic rings. The number of hydrogen-bond donors (Lipinski definition) is 8. The molecule has 1 heterocycles. The highest BCUT2D eigenvalue weighted by molar-refractivity contribution is 5.95. The topological polar surface area (TPSA) is 254 Å². The van der Waals surface area contributed by atoms with Crippen molar-refractivity contribution in [2.24, 2.45) is 5.73 Å². The van der Waals surface area contributed by atoms with Crippen LogP contribution in [-0.4, -0.2) is 85.1 Å². The molecule has 0 saturated heterocycles. The quantitative estimate of drug-likeness (QED) is 0.119. The van der Waals surface area contributed by atoms with Gasteiger partial charge in [0.15, 0.2) is 0 Å². The smallest absolute Gasteiger partial charge is 0.326 e. The highest BCUT2D eigenvalue weighted by Crippen LogP contribution is 2.07. The van der Waals surface area contributed by atoms with Crippen molar-refractivity contribution < 1.29 is 44.1 Å². The number of benzene rings is 1. The number of H-pyrrole nitrogens is 1. The number of carbonyl (C=O) groups is 6. The van der Waals surface area contributed by atoms with Crippen LogP contribution in [0.25, 0.3) is 0 Å². The average Bonchev–Trinajstić information content (AvgIpc) is 3.38. The lowest BCUT2D eigenvalue weighted by atomic mass is 10.0. The standard InChI is InChI=1S/C24H30N6O9/c25-15(10-20(33)34)21(35)29-17(8-13-4-2-1-3-5-13)23(37)28-16(6-7-19(31)32)22(36)30-18(24(38)39)9-14-11-26-12-27-14/h1-5,11-12,15-18H,6-10,25H2,(H,26,27)(H,28,37)(H,29,35)(H,30,36)(H,31,32)(H,33,34)(H,38,39). The van der Waals surface area contributed by atoms with E-state index in [1.165, 1.54) is 12.5 Å². The number of aromatic nitrogens is 2. The number of carboxylic acid groups (broad SMARTS) is 3. The second-order valence-corrected chi connectivity index (χ2v) is 8.63. The monoisotopic (exact) mass is 546 g/mol. The lowest BCUT2D eigenvalue weighted by Crippen LogP contribution is -2.58. The number of imidazole rings is 1. The third-order valence-electron chi connectivity index (χ3n) is 5.52. The van der Waals surface area contributed by atoms with Crippen molar-refractivity contribution in [3.63, 3.8) is 0 Å². The van der Waals surface area contributed by atoms with Gasteiger partial charge in [0.1, 0.15) is 18.1 Å². The largest absolute Gasteiger partial charge is 0.481 e. The fourth-order valence-electron chi connectivity index (χ4n) is 3.52. The highest BCUT2D eigenvalue weighted by Gasteiger charge is 2.31. The van der Waals surface area contributed by atoms with Crippen molar-refractivity contribution in [3.8, 4) is 0 Å². The Morgan fingerprint density at radius 3 is 2.00 bits per heavy atom. The number of carboxylic acids is 3. The molecule has 39 heavy (non-hydrogen) atoms. The van der Waals surface area contributed by atoms with E-state index in [1.807, 2.05) is 0 Å². The lowest BCUT2D eigenvalue weighted by molar-refractivity contribution is -0.143. The van der Waals surface area contributed by atoms with Crippen LogP contribution in [0.15, 0.2) is 42.9 Å². The third kappa shape index (κ3) is 10.6. The van der Waals surface area contributed by atoms with Crippen molar-refractivity contribution in [1.29, 1.82) is 0 Å². The Kier molecular flexibility index (Phi) is 11.6. The third-order valence-corrected chi connectivity index (χ3v) is 5.52. The van der Waals surface area contributed by atoms with Crippen LogP contribution in [0.2, 0.25) is 0 Å². The summed E-state index contributed by atoms with van der Waals surface area (Å²) >= 11 is 0. The minimum absolute atomic E-state index is 0.0664. The van der Waals surface area contributed by atoms with Crippen molar-refractivity contribution in [1.82, 2.24) is 25.9 Å². The minimum atomic E-state index is -1.47. The van der Waals surface area contributed by atoms with Gasteiger partial charge in [-0.25, -0.2) is 9.78 Å². The molecular formula is C24H30N6O9. The predicted octanol–water partition coefficient (Wildman–Crippen LogP) is -1.60. The van der Waals surface area contributed by atoms with Gasteiger partial charge >= 0.3 is 17.9 Å². The van der Waals surface area contributed by atoms with E-state index < -0.39 is 72.6 Å². The fourth-order valence-corrected chi connectivity index (χ4v) is 3.52. The second-order valence-electron chi connectivity index (χ2n) is 8.63. The van der Waals surface area contributed by atoms with E-state index in [0.717, 1.165) is 0 Å². The number of aromatic amines is 1. The van der Waals surface area contributed by atoms with Gasteiger partial charge in [-0.05, 0) is 12.0 Å². The van der Waals surface area contributed by atoms with Crippen LogP contribution in [0.5, 0.6) is 0 Å². The molecule has 0 bridgehead atoms. The maximum atomic E-state index is 13.2. The molecule has 1 aromatic carbocycles. The molecule has 15 nitrogen and oxygen atoms in total. The first kappa shape index (κ1) is 30.4. The summed E-state index contributed by atoms with van der Waals surface area (Å²) < 4.78 is 0. The van der Waals surface area contributed by atoms with Crippen molar-refractivity contribution >= 4 is 35.6 Å². The van der Waals surface area contributed by atoms with E-state index in [0.29, 0.717) is 11.3 Å². The fraction of sp³-hybridized carbons (Fsp3) is 0.375. The molecule has 0 spiro atoms. The Morgan fingerprint density at radius 1 is 0.821 bits per heavy atom. The Morgan fingerprint density at radius 2 is 1.44 bits per heavy atom. The van der Waals surface area contributed by atoms with Crippen LogP contribution < -0.4 is 21.7 Å². The summed E-state index contributed by atoms with van der Waals surface area (Å²) in [6, 6.07) is 2.79. The maximum Gasteiger partial charge on any atom is 0.326 e. The van der Waals surface area contributed by atoms with E-state index in [4.69, 9.17) is 15.9 Å². The van der Waals surface area contributed by atoms with Crippen LogP contribution in [0.4, 0.5) is 0 Å². The molecular weight excluding hydrogens is 516 g/mol. The van der Waals surface area contributed by atoms with Crippen LogP contribution in [0, 0.1) is 0 Å². The first-order valence-electron chi connectivity index (χ1n) is 11.8. The number of rotatable bonds is 16. The molecule has 2 rings (SSSR count). The first-order valence-corrected chi connectivity index (χ1v) is 11.8. The van der Waals surface area contributed by atoms with Crippen LogP contribution >= 0.6 is 0 Å². The Bertz CT molecular complexity index is 1160. The van der Waals surface area contributed by atoms with E-state index in [2.05, 4.69) is 25.9 Å². The van der Waals surface area contributed by atoms with Gasteiger partial charge in [-0.15, -0.1) is 0 Å². The van der Waals surface area contributed by atoms with Gasteiger partial charge in [0.05, 0.1) is 18.8 Å². The molecule has 9 N–H and O–H groups in total. The maximum absolute atomic E-state index is 13.2. The molecule has 1 aromatic heterocycles. The van der Waals surface area contributed by atoms with Crippen molar-refractivity contribution in [2.45, 2.75) is 56.3 Å². The molecule has 0 fully saturated rings. The summed E-state index contributed by atoms with van der Waals surface area (Å²) in [7, 11) is 0. The Labute approximate surface area is 222 Å². The van der Waals surface area contributed by atoms with Crippen LogP contribution in [0.3, 0.4) is 0 Å². The second kappa shape index (κ2) is 14.8. The summed E-state index contributed by atoms with van der Waals surface area (Å²) in [5.74, 6) is -6.73. The van der Waals surface area contributed by atoms with Crippen molar-refractivity contribution in [2.75, 3.05) is 0 Å². The van der Waals surface area contributed by atoms with Gasteiger partial charge in [0.2, 0.25) is 17.7 Å². The minimum Gasteiger partial charge on any atom is -0.481 e. The number of nitrogens with one attached hydrogen (secondary N) is 4. The van der Waals surface area contributed by atoms with E-state index in [9.17, 15) is 33.9 Å². The first-order chi connectivity index (χ1) is 18.5. The molecule has 3 amide bonds.